The molecule has 0 radical (unpaired) electrons. The Balaban J connectivity index is 1.96. The number of carbonyl (C=O) groups is 1. The van der Waals surface area contributed by atoms with Crippen LogP contribution in [0.2, 0.25) is 0 Å². The summed E-state index contributed by atoms with van der Waals surface area (Å²) in [6, 6.07) is 5.85. The van der Waals surface area contributed by atoms with Crippen LogP contribution in [0, 0.1) is 0 Å². The van der Waals surface area contributed by atoms with E-state index < -0.39 is 0 Å². The van der Waals surface area contributed by atoms with E-state index in [0.717, 1.165) is 40.7 Å². The van der Waals surface area contributed by atoms with Gasteiger partial charge in [0, 0.05) is 23.4 Å². The monoisotopic (exact) mass is 345 g/mol. The van der Waals surface area contributed by atoms with Crippen LogP contribution in [-0.4, -0.2) is 22.4 Å². The number of carbonyl (C=O) groups excluding carboxylic acids is 1. The standard InChI is InChI=1S/C16H16BrN3O/c1-2-11-5-6-18-14(8-11)16(21)20-7-3-4-12-9-13(17)10-19-15(12)20/h5-6,8-10H,2-4,7H2,1H3. The van der Waals surface area contributed by atoms with Crippen LogP contribution in [0.3, 0.4) is 0 Å². The Hall–Kier alpha value is -1.75. The molecule has 0 aromatic carbocycles. The summed E-state index contributed by atoms with van der Waals surface area (Å²) in [5.41, 5.74) is 2.72. The average Bonchev–Trinajstić information content (AvgIpc) is 2.53. The van der Waals surface area contributed by atoms with Gasteiger partial charge in [-0.25, -0.2) is 4.98 Å². The first-order chi connectivity index (χ1) is 10.2. The number of fused-ring (bicyclic) bond motifs is 1. The molecule has 4 nitrogen and oxygen atoms in total. The molecule has 0 aliphatic carbocycles. The lowest BCUT2D eigenvalue weighted by atomic mass is 10.1. The number of hydrogen-bond acceptors (Lipinski definition) is 3. The van der Waals surface area contributed by atoms with E-state index in [-0.39, 0.29) is 5.91 Å². The molecule has 3 rings (SSSR count). The largest absolute Gasteiger partial charge is 0.291 e. The maximum absolute atomic E-state index is 12.7. The van der Waals surface area contributed by atoms with E-state index in [0.29, 0.717) is 12.2 Å². The van der Waals surface area contributed by atoms with Crippen molar-refractivity contribution in [2.45, 2.75) is 26.2 Å². The van der Waals surface area contributed by atoms with Crippen LogP contribution >= 0.6 is 15.9 Å². The third kappa shape index (κ3) is 2.83. The van der Waals surface area contributed by atoms with Gasteiger partial charge in [-0.05, 0) is 64.5 Å². The van der Waals surface area contributed by atoms with Crippen molar-refractivity contribution in [1.82, 2.24) is 9.97 Å². The molecular weight excluding hydrogens is 330 g/mol. The number of aromatic nitrogens is 2. The van der Waals surface area contributed by atoms with Crippen molar-refractivity contribution in [2.75, 3.05) is 11.4 Å². The van der Waals surface area contributed by atoms with E-state index in [1.165, 1.54) is 0 Å². The minimum atomic E-state index is -0.0685. The first kappa shape index (κ1) is 14.2. The lowest BCUT2D eigenvalue weighted by molar-refractivity contribution is 0.0979. The summed E-state index contributed by atoms with van der Waals surface area (Å²) in [4.78, 5) is 23.1. The van der Waals surface area contributed by atoms with Gasteiger partial charge in [-0.1, -0.05) is 6.92 Å². The van der Waals surface area contributed by atoms with Gasteiger partial charge in [0.15, 0.2) is 0 Å². The number of rotatable bonds is 2. The number of halogens is 1. The van der Waals surface area contributed by atoms with E-state index >= 15 is 0 Å². The molecule has 0 spiro atoms. The SMILES string of the molecule is CCc1ccnc(C(=O)N2CCCc3cc(Br)cnc32)c1. The third-order valence-corrected chi connectivity index (χ3v) is 4.12. The molecule has 0 atom stereocenters. The highest BCUT2D eigenvalue weighted by Gasteiger charge is 2.25. The van der Waals surface area contributed by atoms with E-state index in [2.05, 4.69) is 32.8 Å². The van der Waals surface area contributed by atoms with E-state index in [1.807, 2.05) is 18.2 Å². The summed E-state index contributed by atoms with van der Waals surface area (Å²) >= 11 is 3.43. The van der Waals surface area contributed by atoms with Crippen LogP contribution in [0.25, 0.3) is 0 Å². The average molecular weight is 346 g/mol. The molecule has 0 bridgehead atoms. The molecule has 0 N–H and O–H groups in total. The summed E-state index contributed by atoms with van der Waals surface area (Å²) in [7, 11) is 0. The lowest BCUT2D eigenvalue weighted by Gasteiger charge is -2.28. The predicted molar refractivity (Wildman–Crippen MR) is 85.5 cm³/mol. The number of anilines is 1. The number of nitrogens with zero attached hydrogens (tertiary/aromatic N) is 3. The quantitative estimate of drug-likeness (QED) is 0.837. The summed E-state index contributed by atoms with van der Waals surface area (Å²) in [5.74, 6) is 0.694. The van der Waals surface area contributed by atoms with Crippen LogP contribution in [0.4, 0.5) is 5.82 Å². The topological polar surface area (TPSA) is 46.1 Å². The van der Waals surface area contributed by atoms with Crippen LogP contribution in [0.15, 0.2) is 35.1 Å². The van der Waals surface area contributed by atoms with Gasteiger partial charge in [0.2, 0.25) is 0 Å². The first-order valence-corrected chi connectivity index (χ1v) is 7.89. The highest BCUT2D eigenvalue weighted by molar-refractivity contribution is 9.10. The predicted octanol–water partition coefficient (Wildman–Crippen LogP) is 3.39. The van der Waals surface area contributed by atoms with Gasteiger partial charge < -0.3 is 0 Å². The fourth-order valence-electron chi connectivity index (χ4n) is 2.58. The molecule has 0 unspecified atom stereocenters. The number of pyridine rings is 2. The Kier molecular flexibility index (Phi) is 4.01. The van der Waals surface area contributed by atoms with Gasteiger partial charge in [0.05, 0.1) is 0 Å². The highest BCUT2D eigenvalue weighted by Crippen LogP contribution is 2.28. The number of aryl methyl sites for hydroxylation is 2. The Morgan fingerprint density at radius 1 is 1.38 bits per heavy atom. The van der Waals surface area contributed by atoms with Crippen molar-refractivity contribution < 1.29 is 4.79 Å². The van der Waals surface area contributed by atoms with Gasteiger partial charge in [0.25, 0.3) is 5.91 Å². The van der Waals surface area contributed by atoms with Crippen molar-refractivity contribution in [1.29, 1.82) is 0 Å². The van der Waals surface area contributed by atoms with Crippen molar-refractivity contribution >= 4 is 27.7 Å². The van der Waals surface area contributed by atoms with Gasteiger partial charge in [0.1, 0.15) is 11.5 Å². The second-order valence-electron chi connectivity index (χ2n) is 5.10. The van der Waals surface area contributed by atoms with Crippen molar-refractivity contribution in [3.05, 3.63) is 51.9 Å². The molecule has 3 heterocycles. The molecule has 0 fully saturated rings. The Bertz CT molecular complexity index is 687. The summed E-state index contributed by atoms with van der Waals surface area (Å²) < 4.78 is 0.946. The normalized spacial score (nSPS) is 13.9. The Morgan fingerprint density at radius 2 is 2.24 bits per heavy atom. The second-order valence-corrected chi connectivity index (χ2v) is 6.02. The fourth-order valence-corrected chi connectivity index (χ4v) is 2.96. The Morgan fingerprint density at radius 3 is 3.05 bits per heavy atom. The second kappa shape index (κ2) is 5.93. The third-order valence-electron chi connectivity index (χ3n) is 3.69. The van der Waals surface area contributed by atoms with Gasteiger partial charge in [-0.3, -0.25) is 14.7 Å². The summed E-state index contributed by atoms with van der Waals surface area (Å²) in [6.07, 6.45) is 6.23. The highest BCUT2D eigenvalue weighted by atomic mass is 79.9. The van der Waals surface area contributed by atoms with Gasteiger partial charge >= 0.3 is 0 Å². The molecule has 1 aliphatic rings. The van der Waals surface area contributed by atoms with Crippen LogP contribution in [0.1, 0.15) is 35.0 Å². The molecule has 5 heteroatoms. The van der Waals surface area contributed by atoms with Crippen molar-refractivity contribution in [3.8, 4) is 0 Å². The molecule has 0 saturated heterocycles. The number of hydrogen-bond donors (Lipinski definition) is 0. The smallest absolute Gasteiger partial charge is 0.278 e. The molecule has 2 aromatic heterocycles. The molecular formula is C16H16BrN3O. The van der Waals surface area contributed by atoms with E-state index in [1.54, 1.807) is 17.3 Å². The maximum atomic E-state index is 12.7. The molecule has 1 amide bonds. The molecule has 108 valence electrons. The fraction of sp³-hybridized carbons (Fsp3) is 0.312. The minimum absolute atomic E-state index is 0.0685. The maximum Gasteiger partial charge on any atom is 0.278 e. The minimum Gasteiger partial charge on any atom is -0.291 e. The molecule has 0 saturated carbocycles. The zero-order valence-corrected chi connectivity index (χ0v) is 13.4. The summed E-state index contributed by atoms with van der Waals surface area (Å²) in [5, 5.41) is 0. The van der Waals surface area contributed by atoms with E-state index in [9.17, 15) is 4.79 Å². The molecule has 2 aromatic rings. The van der Waals surface area contributed by atoms with Gasteiger partial charge in [-0.15, -0.1) is 0 Å². The first-order valence-electron chi connectivity index (χ1n) is 7.10. The molecule has 1 aliphatic heterocycles. The summed E-state index contributed by atoms with van der Waals surface area (Å²) in [6.45, 7) is 2.76. The lowest BCUT2D eigenvalue weighted by Crippen LogP contribution is -2.36. The number of amides is 1. The van der Waals surface area contributed by atoms with Gasteiger partial charge in [-0.2, -0.15) is 0 Å². The zero-order valence-electron chi connectivity index (χ0n) is 11.8. The van der Waals surface area contributed by atoms with Crippen LogP contribution < -0.4 is 4.90 Å². The van der Waals surface area contributed by atoms with E-state index in [4.69, 9.17) is 0 Å². The van der Waals surface area contributed by atoms with Crippen LogP contribution in [0.5, 0.6) is 0 Å². The molecule has 21 heavy (non-hydrogen) atoms. The zero-order chi connectivity index (χ0) is 14.8. The van der Waals surface area contributed by atoms with Crippen molar-refractivity contribution in [2.24, 2.45) is 0 Å². The van der Waals surface area contributed by atoms with Crippen molar-refractivity contribution in [3.63, 3.8) is 0 Å². The Labute approximate surface area is 132 Å². The van der Waals surface area contributed by atoms with Crippen LogP contribution in [-0.2, 0) is 12.8 Å².